The summed E-state index contributed by atoms with van der Waals surface area (Å²) in [5, 5.41) is 35.1. The van der Waals surface area contributed by atoms with Crippen molar-refractivity contribution < 1.29 is 29.6 Å². The summed E-state index contributed by atoms with van der Waals surface area (Å²) in [5.74, 6) is 0. The van der Waals surface area contributed by atoms with Crippen molar-refractivity contribution in [2.75, 3.05) is 6.61 Å². The van der Waals surface area contributed by atoms with Gasteiger partial charge in [0.1, 0.15) is 18.3 Å². The Morgan fingerprint density at radius 2 is 1.83 bits per heavy atom. The minimum atomic E-state index is -1.80. The zero-order valence-corrected chi connectivity index (χ0v) is 6.17. The molecule has 0 aromatic rings. The van der Waals surface area contributed by atoms with Gasteiger partial charge in [0.05, 0.1) is 6.61 Å². The number of ether oxygens (including phenoxy) is 1. The van der Waals surface area contributed by atoms with Crippen LogP contribution >= 0.6 is 0 Å². The average Bonchev–Trinajstić information content (AvgIpc) is 2.32. The summed E-state index contributed by atoms with van der Waals surface area (Å²) in [6, 6.07) is 0. The summed E-state index contributed by atoms with van der Waals surface area (Å²) in [7, 11) is 0. The second kappa shape index (κ2) is 3.63. The van der Waals surface area contributed by atoms with Crippen LogP contribution in [0.15, 0.2) is 0 Å². The molecule has 0 aromatic heterocycles. The third-order valence-corrected chi connectivity index (χ3v) is 1.81. The Balaban J connectivity index is 2.58. The molecule has 1 saturated heterocycles. The minimum Gasteiger partial charge on any atom is -0.393 e. The van der Waals surface area contributed by atoms with Gasteiger partial charge in [0.25, 0.3) is 0 Å². The first-order chi connectivity index (χ1) is 5.57. The van der Waals surface area contributed by atoms with Crippen molar-refractivity contribution in [2.24, 2.45) is 0 Å². The Kier molecular flexibility index (Phi) is 2.97. The maximum Gasteiger partial charge on any atom is 0.184 e. The molecule has 0 amide bonds. The predicted octanol–water partition coefficient (Wildman–Crippen LogP) is -2.24. The molecule has 5 nitrogen and oxygen atoms in total. The van der Waals surface area contributed by atoms with Crippen LogP contribution in [-0.2, 0) is 4.74 Å². The van der Waals surface area contributed by atoms with E-state index in [1.54, 1.807) is 0 Å². The van der Waals surface area contributed by atoms with Crippen molar-refractivity contribution in [2.45, 2.75) is 30.8 Å². The van der Waals surface area contributed by atoms with Gasteiger partial charge in [-0.2, -0.15) is 0 Å². The number of aliphatic hydroxyl groups is 4. The molecule has 6 heteroatoms. The van der Waals surface area contributed by atoms with Gasteiger partial charge in [-0.3, -0.25) is 0 Å². The number of alkyl halides is 1. The van der Waals surface area contributed by atoms with Crippen LogP contribution in [0.3, 0.4) is 0 Å². The van der Waals surface area contributed by atoms with E-state index in [-0.39, 0.29) is 0 Å². The zero-order valence-electron chi connectivity index (χ0n) is 6.17. The smallest absolute Gasteiger partial charge is 0.184 e. The van der Waals surface area contributed by atoms with Crippen molar-refractivity contribution in [1.29, 1.82) is 0 Å². The average molecular weight is 182 g/mol. The molecule has 0 saturated carbocycles. The molecule has 3 unspecified atom stereocenters. The van der Waals surface area contributed by atoms with Crippen molar-refractivity contribution in [3.63, 3.8) is 0 Å². The first-order valence-corrected chi connectivity index (χ1v) is 3.52. The normalized spacial score (nSPS) is 44.8. The third-order valence-electron chi connectivity index (χ3n) is 1.81. The monoisotopic (exact) mass is 182 g/mol. The lowest BCUT2D eigenvalue weighted by Crippen LogP contribution is -2.38. The number of rotatable bonds is 2. The standard InChI is InChI=1S/C6H11FO5/c7-2(1-8)5-3(9)4(10)6(11)12-5/h2-6,8-11H,1H2/t2?,3?,4?,5-,6-/m1/s1. The highest BCUT2D eigenvalue weighted by Gasteiger charge is 2.45. The van der Waals surface area contributed by atoms with Crippen molar-refractivity contribution >= 4 is 0 Å². The molecule has 5 atom stereocenters. The first-order valence-electron chi connectivity index (χ1n) is 3.52. The summed E-state index contributed by atoms with van der Waals surface area (Å²) in [6.45, 7) is -0.818. The van der Waals surface area contributed by atoms with Crippen LogP contribution in [0.2, 0.25) is 0 Å². The van der Waals surface area contributed by atoms with Crippen molar-refractivity contribution in [3.05, 3.63) is 0 Å². The fraction of sp³-hybridized carbons (Fsp3) is 1.00. The largest absolute Gasteiger partial charge is 0.393 e. The molecular formula is C6H11FO5. The third kappa shape index (κ3) is 1.57. The molecule has 0 radical (unpaired) electrons. The van der Waals surface area contributed by atoms with Crippen LogP contribution in [0.5, 0.6) is 0 Å². The molecule has 1 heterocycles. The van der Waals surface area contributed by atoms with Gasteiger partial charge in [0, 0.05) is 0 Å². The van der Waals surface area contributed by atoms with Gasteiger partial charge < -0.3 is 25.2 Å². The lowest BCUT2D eigenvalue weighted by molar-refractivity contribution is -0.140. The zero-order chi connectivity index (χ0) is 9.30. The molecule has 1 fully saturated rings. The van der Waals surface area contributed by atoms with E-state index in [4.69, 9.17) is 20.4 Å². The second-order valence-electron chi connectivity index (χ2n) is 2.67. The Morgan fingerprint density at radius 1 is 1.25 bits per heavy atom. The Labute approximate surface area is 68.0 Å². The van der Waals surface area contributed by atoms with E-state index in [1.165, 1.54) is 0 Å². The maximum absolute atomic E-state index is 12.7. The lowest BCUT2D eigenvalue weighted by Gasteiger charge is -2.16. The quantitative estimate of drug-likeness (QED) is 0.387. The first kappa shape index (κ1) is 9.82. The van der Waals surface area contributed by atoms with Crippen molar-refractivity contribution in [3.8, 4) is 0 Å². The highest BCUT2D eigenvalue weighted by atomic mass is 19.1. The number of hydrogen-bond acceptors (Lipinski definition) is 5. The molecule has 72 valence electrons. The SMILES string of the molecule is OCC(F)[C@H]1O[C@@H](O)C(O)C1O. The molecule has 0 aliphatic carbocycles. The summed E-state index contributed by atoms with van der Waals surface area (Å²) in [5.41, 5.74) is 0. The molecule has 4 N–H and O–H groups in total. The summed E-state index contributed by atoms with van der Waals surface area (Å²) >= 11 is 0. The van der Waals surface area contributed by atoms with E-state index in [0.717, 1.165) is 0 Å². The van der Waals surface area contributed by atoms with Crippen LogP contribution in [0.25, 0.3) is 0 Å². The Morgan fingerprint density at radius 3 is 2.17 bits per heavy atom. The number of hydrogen-bond donors (Lipinski definition) is 4. The van der Waals surface area contributed by atoms with Crippen LogP contribution in [0.4, 0.5) is 4.39 Å². The van der Waals surface area contributed by atoms with Crippen LogP contribution in [-0.4, -0.2) is 57.8 Å². The summed E-state index contributed by atoms with van der Waals surface area (Å²) in [4.78, 5) is 0. The van der Waals surface area contributed by atoms with Gasteiger partial charge in [-0.15, -0.1) is 0 Å². The minimum absolute atomic E-state index is 0.818. The fourth-order valence-corrected chi connectivity index (χ4v) is 1.09. The molecule has 0 aromatic carbocycles. The second-order valence-corrected chi connectivity index (χ2v) is 2.67. The van der Waals surface area contributed by atoms with E-state index < -0.39 is 37.4 Å². The molecule has 1 aliphatic heterocycles. The molecule has 12 heavy (non-hydrogen) atoms. The van der Waals surface area contributed by atoms with Gasteiger partial charge in [0.2, 0.25) is 0 Å². The predicted molar refractivity (Wildman–Crippen MR) is 34.9 cm³/mol. The van der Waals surface area contributed by atoms with Gasteiger partial charge in [-0.25, -0.2) is 4.39 Å². The summed E-state index contributed by atoms with van der Waals surface area (Å²) in [6.07, 6.45) is -7.76. The van der Waals surface area contributed by atoms with Gasteiger partial charge >= 0.3 is 0 Å². The highest BCUT2D eigenvalue weighted by molar-refractivity contribution is 4.89. The Bertz CT molecular complexity index is 155. The van der Waals surface area contributed by atoms with Gasteiger partial charge in [-0.05, 0) is 0 Å². The van der Waals surface area contributed by atoms with Crippen LogP contribution < -0.4 is 0 Å². The topological polar surface area (TPSA) is 90.2 Å². The van der Waals surface area contributed by atoms with Gasteiger partial charge in [0.15, 0.2) is 12.5 Å². The molecule has 0 spiro atoms. The van der Waals surface area contributed by atoms with E-state index in [9.17, 15) is 4.39 Å². The molecule has 1 aliphatic rings. The number of halogens is 1. The van der Waals surface area contributed by atoms with Crippen LogP contribution in [0, 0.1) is 0 Å². The van der Waals surface area contributed by atoms with E-state index in [2.05, 4.69) is 4.74 Å². The number of aliphatic hydroxyl groups excluding tert-OH is 4. The fourth-order valence-electron chi connectivity index (χ4n) is 1.09. The highest BCUT2D eigenvalue weighted by Crippen LogP contribution is 2.23. The van der Waals surface area contributed by atoms with E-state index in [0.29, 0.717) is 0 Å². The molecule has 1 rings (SSSR count). The van der Waals surface area contributed by atoms with Crippen molar-refractivity contribution in [1.82, 2.24) is 0 Å². The summed E-state index contributed by atoms with van der Waals surface area (Å²) < 4.78 is 17.1. The molecule has 0 bridgehead atoms. The lowest BCUT2D eigenvalue weighted by atomic mass is 10.1. The van der Waals surface area contributed by atoms with E-state index in [1.807, 2.05) is 0 Å². The van der Waals surface area contributed by atoms with E-state index >= 15 is 0 Å². The molecular weight excluding hydrogens is 171 g/mol. The Hall–Kier alpha value is -0.270. The maximum atomic E-state index is 12.7. The van der Waals surface area contributed by atoms with Gasteiger partial charge in [-0.1, -0.05) is 0 Å². The van der Waals surface area contributed by atoms with Crippen LogP contribution in [0.1, 0.15) is 0 Å².